The maximum absolute atomic E-state index is 12.9. The SMILES string of the molecule is Cc1cn(C2CC(O)[C@@H](CO)S2)c(=O)n(CCOCCCc2cn(CC[18F])nn2)c1=O. The van der Waals surface area contributed by atoms with Crippen LogP contribution in [0, 0.1) is 6.92 Å². The Hall–Kier alpha value is -2.02. The summed E-state index contributed by atoms with van der Waals surface area (Å²) in [6, 6.07) is 0. The predicted molar refractivity (Wildman–Crippen MR) is 113 cm³/mol. The Kier molecular flexibility index (Phi) is 8.41. The van der Waals surface area contributed by atoms with Crippen LogP contribution in [0.25, 0.3) is 0 Å². The molecule has 3 rings (SSSR count). The van der Waals surface area contributed by atoms with E-state index < -0.39 is 18.5 Å². The molecule has 172 valence electrons. The van der Waals surface area contributed by atoms with Crippen LogP contribution in [0.5, 0.6) is 0 Å². The molecule has 3 heterocycles. The summed E-state index contributed by atoms with van der Waals surface area (Å²) in [7, 11) is 0. The molecular weight excluding hydrogens is 428 g/mol. The van der Waals surface area contributed by atoms with Crippen LogP contribution in [0.2, 0.25) is 0 Å². The number of hydrogen-bond acceptors (Lipinski definition) is 8. The van der Waals surface area contributed by atoms with Crippen LogP contribution < -0.4 is 11.2 Å². The van der Waals surface area contributed by atoms with Crippen LogP contribution in [-0.2, 0) is 24.2 Å². The fourth-order valence-corrected chi connectivity index (χ4v) is 4.85. The minimum Gasteiger partial charge on any atom is -0.395 e. The molecule has 3 atom stereocenters. The van der Waals surface area contributed by atoms with Crippen molar-refractivity contribution in [3.05, 3.63) is 44.5 Å². The number of alkyl halides is 1. The number of ether oxygens (including phenoxy) is 1. The third-order valence-corrected chi connectivity index (χ3v) is 6.69. The molecule has 1 fully saturated rings. The maximum Gasteiger partial charge on any atom is 0.332 e. The van der Waals surface area contributed by atoms with Gasteiger partial charge in [0, 0.05) is 31.0 Å². The van der Waals surface area contributed by atoms with Gasteiger partial charge in [-0.2, -0.15) is 0 Å². The minimum absolute atomic E-state index is 0.120. The summed E-state index contributed by atoms with van der Waals surface area (Å²) in [5.74, 6) is 0. The summed E-state index contributed by atoms with van der Waals surface area (Å²) in [6.07, 6.45) is 4.17. The van der Waals surface area contributed by atoms with Crippen LogP contribution in [-0.4, -0.2) is 72.2 Å². The number of hydrogen-bond donors (Lipinski definition) is 2. The van der Waals surface area contributed by atoms with E-state index in [4.69, 9.17) is 4.74 Å². The van der Waals surface area contributed by atoms with Crippen molar-refractivity contribution in [1.29, 1.82) is 0 Å². The van der Waals surface area contributed by atoms with Crippen molar-refractivity contribution in [3.63, 3.8) is 0 Å². The zero-order chi connectivity index (χ0) is 22.4. The largest absolute Gasteiger partial charge is 0.395 e. The Bertz CT molecular complexity index is 977. The van der Waals surface area contributed by atoms with Gasteiger partial charge in [-0.3, -0.25) is 13.9 Å². The lowest BCUT2D eigenvalue weighted by atomic mass is 10.2. The number of thioether (sulfide) groups is 1. The molecule has 2 aromatic heterocycles. The Labute approximate surface area is 182 Å². The van der Waals surface area contributed by atoms with Crippen LogP contribution in [0.15, 0.2) is 22.0 Å². The molecule has 31 heavy (non-hydrogen) atoms. The molecule has 2 N–H and O–H groups in total. The fraction of sp³-hybridized carbons (Fsp3) is 0.684. The lowest BCUT2D eigenvalue weighted by Gasteiger charge is -2.16. The molecule has 0 bridgehead atoms. The topological polar surface area (TPSA) is 124 Å². The normalized spacial score (nSPS) is 21.1. The summed E-state index contributed by atoms with van der Waals surface area (Å²) < 4.78 is 21.9. The zero-order valence-electron chi connectivity index (χ0n) is 17.4. The number of aliphatic hydroxyl groups excluding tert-OH is 2. The highest BCUT2D eigenvalue weighted by Gasteiger charge is 2.35. The molecule has 0 radical (unpaired) electrons. The third-order valence-electron chi connectivity index (χ3n) is 5.14. The summed E-state index contributed by atoms with van der Waals surface area (Å²) in [5.41, 5.74) is 0.370. The molecule has 0 spiro atoms. The van der Waals surface area contributed by atoms with E-state index in [-0.39, 0.29) is 42.5 Å². The van der Waals surface area contributed by atoms with Gasteiger partial charge in [-0.05, 0) is 19.8 Å². The summed E-state index contributed by atoms with van der Waals surface area (Å²) in [6.45, 7) is 1.91. The number of aromatic nitrogens is 5. The highest BCUT2D eigenvalue weighted by molar-refractivity contribution is 8.00. The van der Waals surface area contributed by atoms with E-state index in [0.29, 0.717) is 31.4 Å². The molecule has 1 aliphatic rings. The first-order chi connectivity index (χ1) is 14.9. The lowest BCUT2D eigenvalue weighted by molar-refractivity contribution is 0.121. The van der Waals surface area contributed by atoms with E-state index in [1.807, 2.05) is 0 Å². The lowest BCUT2D eigenvalue weighted by Crippen LogP contribution is -2.42. The molecule has 12 heteroatoms. The van der Waals surface area contributed by atoms with E-state index in [0.717, 1.165) is 10.3 Å². The molecule has 0 aromatic carbocycles. The first kappa shape index (κ1) is 23.6. The van der Waals surface area contributed by atoms with Gasteiger partial charge in [0.1, 0.15) is 6.67 Å². The molecule has 1 aliphatic heterocycles. The molecule has 2 unspecified atom stereocenters. The highest BCUT2D eigenvalue weighted by atomic mass is 32.2. The number of nitrogens with zero attached hydrogens (tertiary/aromatic N) is 5. The van der Waals surface area contributed by atoms with Gasteiger partial charge in [-0.1, -0.05) is 5.21 Å². The van der Waals surface area contributed by atoms with E-state index in [1.54, 1.807) is 13.1 Å². The molecule has 0 aliphatic carbocycles. The molecule has 0 saturated carbocycles. The number of halogens is 1. The zero-order valence-corrected chi connectivity index (χ0v) is 18.2. The maximum atomic E-state index is 12.9. The van der Waals surface area contributed by atoms with Gasteiger partial charge in [0.2, 0.25) is 0 Å². The van der Waals surface area contributed by atoms with E-state index in [1.165, 1.54) is 27.2 Å². The van der Waals surface area contributed by atoms with Crippen molar-refractivity contribution in [2.45, 2.75) is 56.0 Å². The van der Waals surface area contributed by atoms with Crippen molar-refractivity contribution in [3.8, 4) is 0 Å². The van der Waals surface area contributed by atoms with Gasteiger partial charge in [0.25, 0.3) is 5.56 Å². The number of aryl methyl sites for hydroxylation is 3. The minimum atomic E-state index is -0.700. The van der Waals surface area contributed by atoms with Crippen LogP contribution in [0.1, 0.15) is 29.5 Å². The van der Waals surface area contributed by atoms with Gasteiger partial charge < -0.3 is 14.9 Å². The third kappa shape index (κ3) is 5.82. The number of aliphatic hydroxyl groups is 2. The Balaban J connectivity index is 1.53. The quantitative estimate of drug-likeness (QED) is 0.449. The monoisotopic (exact) mass is 456 g/mol. The first-order valence-corrected chi connectivity index (χ1v) is 11.2. The average Bonchev–Trinajstić information content (AvgIpc) is 3.35. The Morgan fingerprint density at radius 2 is 2.10 bits per heavy atom. The van der Waals surface area contributed by atoms with Gasteiger partial charge in [-0.15, -0.1) is 16.9 Å². The molecule has 10 nitrogen and oxygen atoms in total. The molecule has 2 aromatic rings. The standard InChI is InChI=1S/C19H28FN5O5S/c1-13-10-25(17-9-15(27)16(12-26)31-17)19(29)24(18(13)28)6-8-30-7-2-3-14-11-23(5-4-20)22-21-14/h10-11,15-17,26-27H,2-9,12H2,1H3/t15?,16-,17?/m1/s1/i20-1. The smallest absolute Gasteiger partial charge is 0.332 e. The molecule has 0 amide bonds. The first-order valence-electron chi connectivity index (χ1n) is 10.2. The van der Waals surface area contributed by atoms with Crippen LogP contribution >= 0.6 is 11.8 Å². The van der Waals surface area contributed by atoms with Crippen molar-refractivity contribution >= 4 is 11.8 Å². The van der Waals surface area contributed by atoms with E-state index in [9.17, 15) is 24.2 Å². The van der Waals surface area contributed by atoms with Crippen molar-refractivity contribution < 1.29 is 19.3 Å². The predicted octanol–water partition coefficient (Wildman–Crippen LogP) is -0.114. The van der Waals surface area contributed by atoms with E-state index >= 15 is 0 Å². The second kappa shape index (κ2) is 11.0. The Morgan fingerprint density at radius 3 is 2.81 bits per heavy atom. The highest BCUT2D eigenvalue weighted by Crippen LogP contribution is 2.40. The summed E-state index contributed by atoms with van der Waals surface area (Å²) >= 11 is 1.33. The average molecular weight is 457 g/mol. The second-order valence-electron chi connectivity index (χ2n) is 7.45. The molecular formula is C19H28FN5O5S. The van der Waals surface area contributed by atoms with Crippen LogP contribution in [0.3, 0.4) is 0 Å². The van der Waals surface area contributed by atoms with Gasteiger partial charge in [-0.25, -0.2) is 13.9 Å². The fourth-order valence-electron chi connectivity index (χ4n) is 3.47. The van der Waals surface area contributed by atoms with Gasteiger partial charge >= 0.3 is 5.69 Å². The number of rotatable bonds is 11. The summed E-state index contributed by atoms with van der Waals surface area (Å²) in [4.78, 5) is 25.3. The van der Waals surface area contributed by atoms with Gasteiger partial charge in [0.15, 0.2) is 0 Å². The van der Waals surface area contributed by atoms with Crippen molar-refractivity contribution in [2.24, 2.45) is 0 Å². The Morgan fingerprint density at radius 1 is 1.29 bits per heavy atom. The molecule has 1 saturated heterocycles. The van der Waals surface area contributed by atoms with E-state index in [2.05, 4.69) is 10.3 Å². The van der Waals surface area contributed by atoms with Crippen molar-refractivity contribution in [1.82, 2.24) is 24.1 Å². The van der Waals surface area contributed by atoms with Crippen molar-refractivity contribution in [2.75, 3.05) is 26.5 Å². The summed E-state index contributed by atoms with van der Waals surface area (Å²) in [5, 5.41) is 26.5. The van der Waals surface area contributed by atoms with Gasteiger partial charge in [0.05, 0.1) is 48.7 Å². The second-order valence-corrected chi connectivity index (χ2v) is 8.87. The van der Waals surface area contributed by atoms with Crippen LogP contribution in [0.4, 0.5) is 4.39 Å².